The minimum absolute atomic E-state index is 0.371. The van der Waals surface area contributed by atoms with E-state index in [0.717, 1.165) is 48.9 Å². The van der Waals surface area contributed by atoms with Gasteiger partial charge in [-0.05, 0) is 42.8 Å². The maximum absolute atomic E-state index is 12.8. The topological polar surface area (TPSA) is 36.9 Å². The highest BCUT2D eigenvalue weighted by molar-refractivity contribution is 7.80. The summed E-state index contributed by atoms with van der Waals surface area (Å²) >= 11 is 5.69. The van der Waals surface area contributed by atoms with E-state index in [4.69, 9.17) is 17.1 Å². The SMILES string of the molecule is FC(F)(F)c1ccc(C2=NOC3(CCN(C(=S)NC4CCCCCCC4)CC3)C2)cc1. The van der Waals surface area contributed by atoms with Gasteiger partial charge < -0.3 is 15.1 Å². The van der Waals surface area contributed by atoms with Crippen molar-refractivity contribution in [2.24, 2.45) is 5.16 Å². The van der Waals surface area contributed by atoms with E-state index in [9.17, 15) is 13.2 Å². The predicted molar refractivity (Wildman–Crippen MR) is 119 cm³/mol. The number of hydrogen-bond acceptors (Lipinski definition) is 3. The molecule has 1 saturated carbocycles. The number of piperidine rings is 1. The molecule has 0 bridgehead atoms. The van der Waals surface area contributed by atoms with Crippen molar-refractivity contribution in [1.29, 1.82) is 0 Å². The Balaban J connectivity index is 1.28. The van der Waals surface area contributed by atoms with Crippen LogP contribution >= 0.6 is 12.2 Å². The Kier molecular flexibility index (Phi) is 6.74. The van der Waals surface area contributed by atoms with Crippen molar-refractivity contribution in [3.05, 3.63) is 35.4 Å². The van der Waals surface area contributed by atoms with Crippen LogP contribution in [-0.2, 0) is 11.0 Å². The van der Waals surface area contributed by atoms with Crippen LogP contribution in [0.2, 0.25) is 0 Å². The monoisotopic (exact) mass is 453 g/mol. The molecule has 2 heterocycles. The third-order valence-electron chi connectivity index (χ3n) is 6.78. The zero-order valence-electron chi connectivity index (χ0n) is 17.7. The first-order valence-electron chi connectivity index (χ1n) is 11.3. The molecule has 0 unspecified atom stereocenters. The van der Waals surface area contributed by atoms with Crippen molar-refractivity contribution < 1.29 is 18.0 Å². The van der Waals surface area contributed by atoms with Gasteiger partial charge in [0.1, 0.15) is 5.60 Å². The number of nitrogens with zero attached hydrogens (tertiary/aromatic N) is 2. The smallest absolute Gasteiger partial charge is 0.388 e. The lowest BCUT2D eigenvalue weighted by Gasteiger charge is -2.39. The molecule has 0 atom stereocenters. The van der Waals surface area contributed by atoms with Gasteiger partial charge in [-0.25, -0.2) is 0 Å². The lowest BCUT2D eigenvalue weighted by atomic mass is 9.85. The highest BCUT2D eigenvalue weighted by Gasteiger charge is 2.43. The van der Waals surface area contributed by atoms with Crippen molar-refractivity contribution in [2.45, 2.75) is 82.0 Å². The van der Waals surface area contributed by atoms with Crippen LogP contribution in [-0.4, -0.2) is 40.5 Å². The Hall–Kier alpha value is -1.83. The summed E-state index contributed by atoms with van der Waals surface area (Å²) in [5.41, 5.74) is 0.389. The Morgan fingerprint density at radius 1 is 1.03 bits per heavy atom. The molecule has 1 saturated heterocycles. The van der Waals surface area contributed by atoms with Gasteiger partial charge in [0.25, 0.3) is 0 Å². The van der Waals surface area contributed by atoms with Crippen molar-refractivity contribution in [3.8, 4) is 0 Å². The molecule has 170 valence electrons. The van der Waals surface area contributed by atoms with E-state index >= 15 is 0 Å². The maximum Gasteiger partial charge on any atom is 0.416 e. The van der Waals surface area contributed by atoms with Gasteiger partial charge in [0, 0.05) is 38.4 Å². The van der Waals surface area contributed by atoms with Gasteiger partial charge in [0.15, 0.2) is 5.11 Å². The number of rotatable bonds is 2. The zero-order valence-corrected chi connectivity index (χ0v) is 18.5. The molecule has 0 amide bonds. The Bertz CT molecular complexity index is 793. The molecule has 0 radical (unpaired) electrons. The van der Waals surface area contributed by atoms with Crippen LogP contribution in [0.5, 0.6) is 0 Å². The summed E-state index contributed by atoms with van der Waals surface area (Å²) in [6.45, 7) is 1.60. The summed E-state index contributed by atoms with van der Waals surface area (Å²) in [6, 6.07) is 5.64. The second-order valence-corrected chi connectivity index (χ2v) is 9.43. The quantitative estimate of drug-likeness (QED) is 0.587. The molecule has 1 aliphatic carbocycles. The van der Waals surface area contributed by atoms with E-state index in [-0.39, 0.29) is 5.60 Å². The van der Waals surface area contributed by atoms with E-state index in [1.807, 2.05) is 0 Å². The van der Waals surface area contributed by atoms with E-state index in [1.54, 1.807) is 0 Å². The molecule has 4 rings (SSSR count). The van der Waals surface area contributed by atoms with Gasteiger partial charge in [0.05, 0.1) is 11.3 Å². The first-order valence-corrected chi connectivity index (χ1v) is 11.7. The summed E-state index contributed by atoms with van der Waals surface area (Å²) in [5, 5.41) is 8.64. The Labute approximate surface area is 187 Å². The molecule has 4 nitrogen and oxygen atoms in total. The average molecular weight is 454 g/mol. The van der Waals surface area contributed by atoms with E-state index < -0.39 is 11.7 Å². The molecular weight excluding hydrogens is 423 g/mol. The number of likely N-dealkylation sites (tertiary alicyclic amines) is 1. The molecule has 1 aromatic rings. The van der Waals surface area contributed by atoms with Crippen molar-refractivity contribution in [1.82, 2.24) is 10.2 Å². The summed E-state index contributed by atoms with van der Waals surface area (Å²) in [5.74, 6) is 0. The molecule has 1 N–H and O–H groups in total. The molecule has 1 aromatic carbocycles. The van der Waals surface area contributed by atoms with Crippen LogP contribution in [0.4, 0.5) is 13.2 Å². The minimum Gasteiger partial charge on any atom is -0.388 e. The predicted octanol–water partition coefficient (Wildman–Crippen LogP) is 5.65. The van der Waals surface area contributed by atoms with Crippen molar-refractivity contribution >= 4 is 23.0 Å². The van der Waals surface area contributed by atoms with Crippen LogP contribution in [0.15, 0.2) is 29.4 Å². The highest BCUT2D eigenvalue weighted by Crippen LogP contribution is 2.37. The summed E-state index contributed by atoms with van der Waals surface area (Å²) in [6.07, 6.45) is 6.77. The number of alkyl halides is 3. The fourth-order valence-corrected chi connectivity index (χ4v) is 5.13. The van der Waals surface area contributed by atoms with Gasteiger partial charge in [-0.15, -0.1) is 0 Å². The minimum atomic E-state index is -4.33. The Morgan fingerprint density at radius 3 is 2.26 bits per heavy atom. The van der Waals surface area contributed by atoms with Gasteiger partial charge in [0.2, 0.25) is 0 Å². The Morgan fingerprint density at radius 2 is 1.65 bits per heavy atom. The fraction of sp³-hybridized carbons (Fsp3) is 0.652. The van der Waals surface area contributed by atoms with E-state index in [2.05, 4.69) is 15.4 Å². The molecule has 8 heteroatoms. The molecule has 0 aromatic heterocycles. The van der Waals surface area contributed by atoms with Crippen LogP contribution in [0.3, 0.4) is 0 Å². The number of nitrogens with one attached hydrogen (secondary N) is 1. The van der Waals surface area contributed by atoms with Gasteiger partial charge >= 0.3 is 6.18 Å². The van der Waals surface area contributed by atoms with Gasteiger partial charge in [-0.1, -0.05) is 49.4 Å². The standard InChI is InChI=1S/C23H30F3N3OS/c24-23(25,26)18-10-8-17(9-11-18)20-16-22(30-28-20)12-14-29(15-13-22)21(31)27-19-6-4-2-1-3-5-7-19/h8-11,19H,1-7,12-16H2,(H,27,31). The molecule has 1 spiro atoms. The second-order valence-electron chi connectivity index (χ2n) is 9.04. The van der Waals surface area contributed by atoms with E-state index in [0.29, 0.717) is 18.0 Å². The molecule has 2 aliphatic heterocycles. The van der Waals surface area contributed by atoms with E-state index in [1.165, 1.54) is 57.1 Å². The second kappa shape index (κ2) is 9.35. The third kappa shape index (κ3) is 5.51. The molecule has 3 aliphatic rings. The van der Waals surface area contributed by atoms with Crippen molar-refractivity contribution in [3.63, 3.8) is 0 Å². The number of halogens is 3. The average Bonchev–Trinajstić information content (AvgIpc) is 3.13. The van der Waals surface area contributed by atoms with Crippen molar-refractivity contribution in [2.75, 3.05) is 13.1 Å². The maximum atomic E-state index is 12.8. The number of hydrogen-bond donors (Lipinski definition) is 1. The fourth-order valence-electron chi connectivity index (χ4n) is 4.78. The first kappa shape index (κ1) is 22.4. The van der Waals surface area contributed by atoms with Gasteiger partial charge in [-0.2, -0.15) is 13.2 Å². The number of thiocarbonyl (C=S) groups is 1. The van der Waals surface area contributed by atoms with Gasteiger partial charge in [-0.3, -0.25) is 0 Å². The third-order valence-corrected chi connectivity index (χ3v) is 7.16. The van der Waals surface area contributed by atoms with Crippen LogP contribution in [0.1, 0.15) is 75.3 Å². The van der Waals surface area contributed by atoms with Crippen LogP contribution in [0, 0.1) is 0 Å². The highest BCUT2D eigenvalue weighted by atomic mass is 32.1. The largest absolute Gasteiger partial charge is 0.416 e. The normalized spacial score (nSPS) is 22.4. The van der Waals surface area contributed by atoms with Crippen LogP contribution < -0.4 is 5.32 Å². The summed E-state index contributed by atoms with van der Waals surface area (Å²) in [7, 11) is 0. The number of benzene rings is 1. The summed E-state index contributed by atoms with van der Waals surface area (Å²) < 4.78 is 38.4. The molecule has 31 heavy (non-hydrogen) atoms. The number of oxime groups is 1. The van der Waals surface area contributed by atoms with Crippen LogP contribution in [0.25, 0.3) is 0 Å². The molecular formula is C23H30F3N3OS. The zero-order chi connectivity index (χ0) is 21.9. The molecule has 2 fully saturated rings. The lowest BCUT2D eigenvalue weighted by Crippen LogP contribution is -2.51. The lowest BCUT2D eigenvalue weighted by molar-refractivity contribution is -0.137. The summed E-state index contributed by atoms with van der Waals surface area (Å²) in [4.78, 5) is 8.05. The first-order chi connectivity index (χ1) is 14.8.